The number of aliphatic imine (C=N–C) groups is 1. The van der Waals surface area contributed by atoms with Crippen molar-refractivity contribution in [2.24, 2.45) is 10.9 Å². The van der Waals surface area contributed by atoms with Crippen molar-refractivity contribution in [1.82, 2.24) is 26.2 Å². The Morgan fingerprint density at radius 3 is 2.58 bits per heavy atom. The summed E-state index contributed by atoms with van der Waals surface area (Å²) in [6.07, 6.45) is 1.98. The summed E-state index contributed by atoms with van der Waals surface area (Å²) in [7, 11) is 0. The van der Waals surface area contributed by atoms with E-state index < -0.39 is 0 Å². The second kappa shape index (κ2) is 10.3. The highest BCUT2D eigenvalue weighted by Gasteiger charge is 2.29. The first-order chi connectivity index (χ1) is 11.1. The fraction of sp³-hybridized carbons (Fsp3) is 0.714. The fourth-order valence-electron chi connectivity index (χ4n) is 2.15. The van der Waals surface area contributed by atoms with E-state index in [-0.39, 0.29) is 60.8 Å². The second-order valence-corrected chi connectivity index (χ2v) is 5.46. The minimum absolute atomic E-state index is 0. The Bertz CT molecular complexity index is 479. The lowest BCUT2D eigenvalue weighted by Gasteiger charge is -2.15. The van der Waals surface area contributed by atoms with Crippen LogP contribution in [0.4, 0.5) is 4.79 Å². The smallest absolute Gasteiger partial charge is 0.324 e. The molecule has 1 aliphatic heterocycles. The van der Waals surface area contributed by atoms with Gasteiger partial charge < -0.3 is 21.3 Å². The van der Waals surface area contributed by atoms with E-state index in [1.807, 2.05) is 6.92 Å². The summed E-state index contributed by atoms with van der Waals surface area (Å²) in [6.45, 7) is 4.38. The van der Waals surface area contributed by atoms with E-state index in [4.69, 9.17) is 0 Å². The topological polar surface area (TPSA) is 115 Å². The van der Waals surface area contributed by atoms with Crippen molar-refractivity contribution >= 4 is 47.8 Å². The van der Waals surface area contributed by atoms with E-state index in [1.165, 1.54) is 4.90 Å². The van der Waals surface area contributed by atoms with E-state index in [2.05, 4.69) is 26.3 Å². The van der Waals surface area contributed by atoms with Crippen molar-refractivity contribution in [3.8, 4) is 0 Å². The van der Waals surface area contributed by atoms with Gasteiger partial charge in [0.15, 0.2) is 5.96 Å². The first-order valence-corrected chi connectivity index (χ1v) is 8.00. The molecule has 0 aromatic rings. The largest absolute Gasteiger partial charge is 0.357 e. The third-order valence-electron chi connectivity index (χ3n) is 3.54. The quantitative estimate of drug-likeness (QED) is 0.127. The zero-order valence-corrected chi connectivity index (χ0v) is 16.1. The molecule has 1 saturated carbocycles. The molecular formula is C14H25IN6O3. The van der Waals surface area contributed by atoms with Gasteiger partial charge in [0.05, 0.1) is 13.1 Å². The summed E-state index contributed by atoms with van der Waals surface area (Å²) in [5, 5.41) is 11.5. The molecule has 0 atom stereocenters. The summed E-state index contributed by atoms with van der Waals surface area (Å²) >= 11 is 0. The number of hydrogen-bond donors (Lipinski definition) is 4. The number of guanidine groups is 1. The monoisotopic (exact) mass is 452 g/mol. The molecule has 4 N–H and O–H groups in total. The van der Waals surface area contributed by atoms with Crippen LogP contribution in [0.2, 0.25) is 0 Å². The van der Waals surface area contributed by atoms with E-state index in [9.17, 15) is 14.4 Å². The number of carbonyl (C=O) groups is 3. The highest BCUT2D eigenvalue weighted by molar-refractivity contribution is 14.0. The Morgan fingerprint density at radius 1 is 1.25 bits per heavy atom. The second-order valence-electron chi connectivity index (χ2n) is 5.46. The van der Waals surface area contributed by atoms with E-state index in [0.29, 0.717) is 32.1 Å². The van der Waals surface area contributed by atoms with Crippen molar-refractivity contribution in [2.45, 2.75) is 19.8 Å². The molecule has 0 bridgehead atoms. The predicted octanol–water partition coefficient (Wildman–Crippen LogP) is -0.762. The molecule has 2 fully saturated rings. The molecule has 0 radical (unpaired) electrons. The third kappa shape index (κ3) is 6.49. The van der Waals surface area contributed by atoms with Gasteiger partial charge in [-0.05, 0) is 19.8 Å². The number of hydrogen-bond acceptors (Lipinski definition) is 4. The summed E-state index contributed by atoms with van der Waals surface area (Å²) in [6, 6.07) is -0.360. The molecule has 136 valence electrons. The van der Waals surface area contributed by atoms with E-state index in [0.717, 1.165) is 12.8 Å². The summed E-state index contributed by atoms with van der Waals surface area (Å²) in [5.74, 6) is 0.688. The predicted molar refractivity (Wildman–Crippen MR) is 100 cm³/mol. The maximum absolute atomic E-state index is 11.5. The average Bonchev–Trinajstić information content (AvgIpc) is 3.33. The lowest BCUT2D eigenvalue weighted by atomic mass is 10.4. The van der Waals surface area contributed by atoms with Crippen LogP contribution in [0.15, 0.2) is 4.99 Å². The molecule has 0 aromatic heterocycles. The van der Waals surface area contributed by atoms with Gasteiger partial charge >= 0.3 is 6.03 Å². The van der Waals surface area contributed by atoms with Gasteiger partial charge in [0.1, 0.15) is 0 Å². The molecule has 9 nitrogen and oxygen atoms in total. The van der Waals surface area contributed by atoms with Crippen LogP contribution in [-0.4, -0.2) is 68.0 Å². The maximum Gasteiger partial charge on any atom is 0.324 e. The first kappa shape index (κ1) is 20.5. The number of amides is 4. The summed E-state index contributed by atoms with van der Waals surface area (Å²) in [4.78, 5) is 39.9. The van der Waals surface area contributed by atoms with Gasteiger partial charge in [-0.3, -0.25) is 19.5 Å². The number of nitrogens with one attached hydrogen (secondary N) is 4. The molecule has 10 heteroatoms. The van der Waals surface area contributed by atoms with Crippen molar-refractivity contribution in [1.29, 1.82) is 0 Å². The zero-order chi connectivity index (χ0) is 16.7. The number of nitrogens with zero attached hydrogens (tertiary/aromatic N) is 2. The van der Waals surface area contributed by atoms with Crippen LogP contribution >= 0.6 is 24.0 Å². The van der Waals surface area contributed by atoms with E-state index in [1.54, 1.807) is 0 Å². The third-order valence-corrected chi connectivity index (χ3v) is 3.54. The van der Waals surface area contributed by atoms with Gasteiger partial charge in [-0.1, -0.05) is 0 Å². The lowest BCUT2D eigenvalue weighted by Crippen LogP contribution is -2.43. The SMILES string of the molecule is CCNC(=NCCNC(=O)C1CC1)NCCN1C(=O)CNC1=O.I. The Balaban J connectivity index is 0.00000288. The number of urea groups is 1. The molecule has 1 heterocycles. The molecule has 0 spiro atoms. The van der Waals surface area contributed by atoms with Gasteiger partial charge in [0.2, 0.25) is 11.8 Å². The Morgan fingerprint density at radius 2 is 2.00 bits per heavy atom. The highest BCUT2D eigenvalue weighted by atomic mass is 127. The van der Waals surface area contributed by atoms with Crippen molar-refractivity contribution in [3.05, 3.63) is 0 Å². The molecular weight excluding hydrogens is 427 g/mol. The first-order valence-electron chi connectivity index (χ1n) is 8.00. The van der Waals surface area contributed by atoms with Gasteiger partial charge in [-0.25, -0.2) is 4.79 Å². The minimum Gasteiger partial charge on any atom is -0.357 e. The van der Waals surface area contributed by atoms with Crippen LogP contribution in [-0.2, 0) is 9.59 Å². The van der Waals surface area contributed by atoms with Gasteiger partial charge in [0.25, 0.3) is 0 Å². The Labute approximate surface area is 158 Å². The van der Waals surface area contributed by atoms with Crippen LogP contribution in [0.25, 0.3) is 0 Å². The summed E-state index contributed by atoms with van der Waals surface area (Å²) < 4.78 is 0. The van der Waals surface area contributed by atoms with Crippen LogP contribution in [0.3, 0.4) is 0 Å². The van der Waals surface area contributed by atoms with E-state index >= 15 is 0 Å². The summed E-state index contributed by atoms with van der Waals surface area (Å²) in [5.41, 5.74) is 0. The Kier molecular flexibility index (Phi) is 8.79. The molecule has 2 aliphatic rings. The Hall–Kier alpha value is -1.59. The van der Waals surface area contributed by atoms with Crippen molar-refractivity contribution in [2.75, 3.05) is 39.3 Å². The molecule has 0 aromatic carbocycles. The van der Waals surface area contributed by atoms with Crippen LogP contribution in [0, 0.1) is 5.92 Å². The number of carbonyl (C=O) groups excluding carboxylic acids is 3. The standard InChI is InChI=1S/C14H24N6O3.HI/c1-2-15-13(17-6-5-16-12(22)10-3-4-10)18-7-8-20-11(21)9-19-14(20)23;/h10H,2-9H2,1H3,(H,16,22)(H,19,23)(H2,15,17,18);1H. The lowest BCUT2D eigenvalue weighted by molar-refractivity contribution is -0.125. The highest BCUT2D eigenvalue weighted by Crippen LogP contribution is 2.28. The molecule has 4 amide bonds. The van der Waals surface area contributed by atoms with Crippen LogP contribution < -0.4 is 21.3 Å². The number of imide groups is 1. The van der Waals surface area contributed by atoms with Crippen LogP contribution in [0.1, 0.15) is 19.8 Å². The molecule has 2 rings (SSSR count). The normalized spacial score (nSPS) is 17.2. The molecule has 1 aliphatic carbocycles. The van der Waals surface area contributed by atoms with Crippen molar-refractivity contribution < 1.29 is 14.4 Å². The van der Waals surface area contributed by atoms with Gasteiger partial charge in [0, 0.05) is 32.1 Å². The average molecular weight is 452 g/mol. The zero-order valence-electron chi connectivity index (χ0n) is 13.8. The van der Waals surface area contributed by atoms with Gasteiger partial charge in [-0.15, -0.1) is 24.0 Å². The molecule has 24 heavy (non-hydrogen) atoms. The minimum atomic E-state index is -0.360. The fourth-order valence-corrected chi connectivity index (χ4v) is 2.15. The van der Waals surface area contributed by atoms with Gasteiger partial charge in [-0.2, -0.15) is 0 Å². The number of halogens is 1. The molecule has 0 unspecified atom stereocenters. The van der Waals surface area contributed by atoms with Crippen molar-refractivity contribution in [3.63, 3.8) is 0 Å². The van der Waals surface area contributed by atoms with Crippen LogP contribution in [0.5, 0.6) is 0 Å². The molecule has 1 saturated heterocycles. The number of rotatable bonds is 8. The maximum atomic E-state index is 11.5.